The largest absolute Gasteiger partial charge is 0.333 e. The van der Waals surface area contributed by atoms with Crippen LogP contribution in [0.4, 0.5) is 0 Å². The average molecular weight is 250 g/mol. The second-order valence-corrected chi connectivity index (χ2v) is 5.18. The van der Waals surface area contributed by atoms with Gasteiger partial charge in [-0.15, -0.1) is 12.6 Å². The van der Waals surface area contributed by atoms with Gasteiger partial charge >= 0.3 is 0 Å². The number of carbonyl (C=O) groups is 1. The van der Waals surface area contributed by atoms with Crippen molar-refractivity contribution in [3.8, 4) is 0 Å². The first-order chi connectivity index (χ1) is 8.08. The smallest absolute Gasteiger partial charge is 0.254 e. The monoisotopic (exact) mass is 250 g/mol. The SMILES string of the molecule is CC1CN(C)CCN1C(=O)c1cccc(S)c1. The van der Waals surface area contributed by atoms with Crippen molar-refractivity contribution in [2.75, 3.05) is 26.7 Å². The normalized spacial score (nSPS) is 21.6. The van der Waals surface area contributed by atoms with E-state index in [1.54, 1.807) is 0 Å². The molecule has 1 aromatic rings. The molecular formula is C13H18N2OS. The maximum absolute atomic E-state index is 12.3. The third-order valence-electron chi connectivity index (χ3n) is 3.18. The minimum absolute atomic E-state index is 0.113. The first kappa shape index (κ1) is 12.5. The molecule has 3 nitrogen and oxygen atoms in total. The molecule has 0 bridgehead atoms. The van der Waals surface area contributed by atoms with E-state index in [0.29, 0.717) is 0 Å². The van der Waals surface area contributed by atoms with E-state index >= 15 is 0 Å². The van der Waals surface area contributed by atoms with Gasteiger partial charge in [-0.05, 0) is 32.2 Å². The van der Waals surface area contributed by atoms with Crippen LogP contribution >= 0.6 is 12.6 Å². The highest BCUT2D eigenvalue weighted by molar-refractivity contribution is 7.80. The summed E-state index contributed by atoms with van der Waals surface area (Å²) < 4.78 is 0. The maximum Gasteiger partial charge on any atom is 0.254 e. The van der Waals surface area contributed by atoms with Crippen LogP contribution < -0.4 is 0 Å². The molecule has 1 amide bonds. The molecule has 1 saturated heterocycles. The Morgan fingerprint density at radius 3 is 2.82 bits per heavy atom. The summed E-state index contributed by atoms with van der Waals surface area (Å²) in [6.45, 7) is 4.77. The Kier molecular flexibility index (Phi) is 3.74. The summed E-state index contributed by atoms with van der Waals surface area (Å²) in [6, 6.07) is 7.71. The molecule has 1 aliphatic heterocycles. The Bertz CT molecular complexity index is 422. The molecule has 0 N–H and O–H groups in total. The molecule has 1 unspecified atom stereocenters. The van der Waals surface area contributed by atoms with Gasteiger partial charge in [-0.25, -0.2) is 0 Å². The van der Waals surface area contributed by atoms with Gasteiger partial charge in [0.05, 0.1) is 0 Å². The third-order valence-corrected chi connectivity index (χ3v) is 3.46. The van der Waals surface area contributed by atoms with Crippen LogP contribution in [-0.4, -0.2) is 48.4 Å². The number of likely N-dealkylation sites (N-methyl/N-ethyl adjacent to an activating group) is 1. The van der Waals surface area contributed by atoms with Gasteiger partial charge in [0.1, 0.15) is 0 Å². The van der Waals surface area contributed by atoms with E-state index in [2.05, 4.69) is 31.5 Å². The highest BCUT2D eigenvalue weighted by Crippen LogP contribution is 2.15. The fraction of sp³-hybridized carbons (Fsp3) is 0.462. The van der Waals surface area contributed by atoms with Gasteiger partial charge in [0.15, 0.2) is 0 Å². The van der Waals surface area contributed by atoms with E-state index < -0.39 is 0 Å². The van der Waals surface area contributed by atoms with Crippen molar-refractivity contribution in [3.63, 3.8) is 0 Å². The second-order valence-electron chi connectivity index (χ2n) is 4.66. The van der Waals surface area contributed by atoms with Crippen molar-refractivity contribution in [2.24, 2.45) is 0 Å². The topological polar surface area (TPSA) is 23.6 Å². The molecule has 0 radical (unpaired) electrons. The molecule has 0 saturated carbocycles. The van der Waals surface area contributed by atoms with Crippen molar-refractivity contribution >= 4 is 18.5 Å². The van der Waals surface area contributed by atoms with Crippen molar-refractivity contribution in [3.05, 3.63) is 29.8 Å². The summed E-state index contributed by atoms with van der Waals surface area (Å²) in [6.07, 6.45) is 0. The van der Waals surface area contributed by atoms with Crippen molar-refractivity contribution in [1.29, 1.82) is 0 Å². The van der Waals surface area contributed by atoms with Crippen molar-refractivity contribution in [2.45, 2.75) is 17.9 Å². The molecule has 0 aromatic heterocycles. The Hall–Kier alpha value is -1.00. The molecule has 92 valence electrons. The number of rotatable bonds is 1. The maximum atomic E-state index is 12.3. The Morgan fingerprint density at radius 1 is 1.41 bits per heavy atom. The minimum Gasteiger partial charge on any atom is -0.333 e. The van der Waals surface area contributed by atoms with E-state index in [1.807, 2.05) is 29.2 Å². The number of hydrogen-bond acceptors (Lipinski definition) is 3. The Balaban J connectivity index is 2.15. The lowest BCUT2D eigenvalue weighted by Crippen LogP contribution is -2.52. The van der Waals surface area contributed by atoms with Gasteiger partial charge in [0.25, 0.3) is 5.91 Å². The average Bonchev–Trinajstić information content (AvgIpc) is 2.28. The van der Waals surface area contributed by atoms with Crippen LogP contribution in [0, 0.1) is 0 Å². The third kappa shape index (κ3) is 2.82. The van der Waals surface area contributed by atoms with Crippen LogP contribution in [0.2, 0.25) is 0 Å². The summed E-state index contributed by atoms with van der Waals surface area (Å²) in [5.41, 5.74) is 0.730. The summed E-state index contributed by atoms with van der Waals surface area (Å²) in [7, 11) is 2.09. The zero-order valence-corrected chi connectivity index (χ0v) is 11.2. The molecule has 0 aliphatic carbocycles. The summed E-state index contributed by atoms with van der Waals surface area (Å²) >= 11 is 4.27. The van der Waals surface area contributed by atoms with Gasteiger partial charge in [0.2, 0.25) is 0 Å². The van der Waals surface area contributed by atoms with Gasteiger partial charge in [0, 0.05) is 36.1 Å². The zero-order chi connectivity index (χ0) is 12.4. The highest BCUT2D eigenvalue weighted by Gasteiger charge is 2.26. The molecular weight excluding hydrogens is 232 g/mol. The lowest BCUT2D eigenvalue weighted by Gasteiger charge is -2.38. The Labute approximate surface area is 108 Å². The zero-order valence-electron chi connectivity index (χ0n) is 10.3. The number of amides is 1. The van der Waals surface area contributed by atoms with Crippen LogP contribution in [0.3, 0.4) is 0 Å². The van der Waals surface area contributed by atoms with Crippen LogP contribution in [0.1, 0.15) is 17.3 Å². The Morgan fingerprint density at radius 2 is 2.18 bits per heavy atom. The van der Waals surface area contributed by atoms with Crippen molar-refractivity contribution < 1.29 is 4.79 Å². The standard InChI is InChI=1S/C13H18N2OS/c1-10-9-14(2)6-7-15(10)13(16)11-4-3-5-12(17)8-11/h3-5,8,10,17H,6-7,9H2,1-2H3. The fourth-order valence-corrected chi connectivity index (χ4v) is 2.47. The van der Waals surface area contributed by atoms with Crippen LogP contribution in [0.5, 0.6) is 0 Å². The number of carbonyl (C=O) groups excluding carboxylic acids is 1. The molecule has 0 spiro atoms. The summed E-state index contributed by atoms with van der Waals surface area (Å²) in [5.74, 6) is 0.113. The van der Waals surface area contributed by atoms with Crippen molar-refractivity contribution in [1.82, 2.24) is 9.80 Å². The lowest BCUT2D eigenvalue weighted by atomic mass is 10.1. The molecule has 1 aromatic carbocycles. The highest BCUT2D eigenvalue weighted by atomic mass is 32.1. The lowest BCUT2D eigenvalue weighted by molar-refractivity contribution is 0.0533. The predicted molar refractivity (Wildman–Crippen MR) is 71.7 cm³/mol. The van der Waals surface area contributed by atoms with E-state index in [-0.39, 0.29) is 11.9 Å². The predicted octanol–water partition coefficient (Wildman–Crippen LogP) is 1.75. The van der Waals surface area contributed by atoms with Gasteiger partial charge < -0.3 is 9.80 Å². The van der Waals surface area contributed by atoms with Crippen LogP contribution in [0.25, 0.3) is 0 Å². The van der Waals surface area contributed by atoms with E-state index in [9.17, 15) is 4.79 Å². The van der Waals surface area contributed by atoms with Gasteiger partial charge in [-0.3, -0.25) is 4.79 Å². The second kappa shape index (κ2) is 5.10. The minimum atomic E-state index is 0.113. The molecule has 17 heavy (non-hydrogen) atoms. The number of thiol groups is 1. The summed E-state index contributed by atoms with van der Waals surface area (Å²) in [4.78, 5) is 17.4. The first-order valence-electron chi connectivity index (χ1n) is 5.86. The first-order valence-corrected chi connectivity index (χ1v) is 6.31. The van der Waals surface area contributed by atoms with Crippen LogP contribution in [0.15, 0.2) is 29.2 Å². The fourth-order valence-electron chi connectivity index (χ4n) is 2.25. The van der Waals surface area contributed by atoms with Gasteiger partial charge in [-0.2, -0.15) is 0 Å². The number of nitrogens with zero attached hydrogens (tertiary/aromatic N) is 2. The molecule has 2 rings (SSSR count). The molecule has 1 aliphatic rings. The van der Waals surface area contributed by atoms with Crippen LogP contribution in [-0.2, 0) is 0 Å². The number of benzene rings is 1. The molecule has 1 atom stereocenters. The van der Waals surface area contributed by atoms with E-state index in [0.717, 1.165) is 30.1 Å². The van der Waals surface area contributed by atoms with E-state index in [4.69, 9.17) is 0 Å². The summed E-state index contributed by atoms with van der Waals surface area (Å²) in [5, 5.41) is 0. The van der Waals surface area contributed by atoms with E-state index in [1.165, 1.54) is 0 Å². The molecule has 1 fully saturated rings. The quantitative estimate of drug-likeness (QED) is 0.768. The molecule has 4 heteroatoms. The molecule has 1 heterocycles. The number of hydrogen-bond donors (Lipinski definition) is 1. The van der Waals surface area contributed by atoms with Gasteiger partial charge in [-0.1, -0.05) is 6.07 Å². The number of piperazine rings is 1.